The van der Waals surface area contributed by atoms with Crippen molar-refractivity contribution in [2.75, 3.05) is 124 Å². The van der Waals surface area contributed by atoms with Crippen molar-refractivity contribution in [3.8, 4) is 0 Å². The van der Waals surface area contributed by atoms with E-state index in [1.54, 1.807) is 18.2 Å². The Morgan fingerprint density at radius 3 is 1.47 bits per heavy atom. The molecule has 0 aliphatic carbocycles. The Morgan fingerprint density at radius 2 is 1.02 bits per heavy atom. The van der Waals surface area contributed by atoms with E-state index in [0.717, 1.165) is 12.1 Å². The molecule has 0 saturated heterocycles. The number of hydrogen-bond donors (Lipinski definition) is 1. The maximum atomic E-state index is 13.0. The molecular formula is C34H48F3NO11. The SMILES string of the molecule is C=COCCOCCOCCOCCOCCOCCOCCOCCOCCOC(=O)c1ccccc1Nc1cccc(C(F)(F)F)c1. The number of alkyl halides is 3. The van der Waals surface area contributed by atoms with Crippen molar-refractivity contribution in [2.24, 2.45) is 0 Å². The van der Waals surface area contributed by atoms with E-state index in [4.69, 9.17) is 47.4 Å². The molecule has 0 aromatic heterocycles. The van der Waals surface area contributed by atoms with Crippen LogP contribution >= 0.6 is 0 Å². The number of ether oxygens (including phenoxy) is 10. The third-order valence-electron chi connectivity index (χ3n) is 6.14. The standard InChI is InChI=1S/C34H48F3NO11/c1-2-40-10-11-41-12-13-42-14-15-43-16-17-44-18-19-45-20-21-46-22-23-47-24-25-48-26-27-49-33(39)31-8-3-4-9-32(31)38-30-7-5-6-29(28-30)34(35,36)37/h2-9,28,38H,1,10-27H2. The quantitative estimate of drug-likeness (QED) is 0.0654. The monoisotopic (exact) mass is 703 g/mol. The molecule has 0 heterocycles. The van der Waals surface area contributed by atoms with Crippen LogP contribution in [-0.2, 0) is 53.5 Å². The number of nitrogens with one attached hydrogen (secondary N) is 1. The second kappa shape index (κ2) is 27.5. The maximum Gasteiger partial charge on any atom is 0.416 e. The van der Waals surface area contributed by atoms with Crippen LogP contribution in [0.3, 0.4) is 0 Å². The first-order valence-electron chi connectivity index (χ1n) is 16.0. The number of rotatable bonds is 31. The molecule has 12 nitrogen and oxygen atoms in total. The predicted octanol–water partition coefficient (Wildman–Crippen LogP) is 4.90. The second-order valence-electron chi connectivity index (χ2n) is 9.82. The molecule has 49 heavy (non-hydrogen) atoms. The lowest BCUT2D eigenvalue weighted by Crippen LogP contribution is -2.16. The Kier molecular flexibility index (Phi) is 23.5. The molecule has 2 aromatic rings. The maximum absolute atomic E-state index is 13.0. The van der Waals surface area contributed by atoms with Crippen molar-refractivity contribution in [2.45, 2.75) is 6.18 Å². The Morgan fingerprint density at radius 1 is 0.592 bits per heavy atom. The van der Waals surface area contributed by atoms with Gasteiger partial charge in [0.15, 0.2) is 0 Å². The van der Waals surface area contributed by atoms with Crippen molar-refractivity contribution in [3.63, 3.8) is 0 Å². The van der Waals surface area contributed by atoms with Crippen LogP contribution in [0.25, 0.3) is 0 Å². The molecule has 0 unspecified atom stereocenters. The van der Waals surface area contributed by atoms with Gasteiger partial charge in [0.05, 0.1) is 129 Å². The summed E-state index contributed by atoms with van der Waals surface area (Å²) in [4.78, 5) is 12.6. The summed E-state index contributed by atoms with van der Waals surface area (Å²) in [6.45, 7) is 10.7. The summed E-state index contributed by atoms with van der Waals surface area (Å²) in [6.07, 6.45) is -3.10. The van der Waals surface area contributed by atoms with Crippen molar-refractivity contribution in [1.82, 2.24) is 0 Å². The van der Waals surface area contributed by atoms with E-state index in [0.29, 0.717) is 111 Å². The highest BCUT2D eigenvalue weighted by atomic mass is 19.4. The van der Waals surface area contributed by atoms with E-state index >= 15 is 0 Å². The van der Waals surface area contributed by atoms with Crippen LogP contribution in [0, 0.1) is 0 Å². The van der Waals surface area contributed by atoms with Crippen molar-refractivity contribution < 1.29 is 65.3 Å². The van der Waals surface area contributed by atoms with Gasteiger partial charge in [0.2, 0.25) is 0 Å². The minimum atomic E-state index is -4.48. The van der Waals surface area contributed by atoms with Gasteiger partial charge in [-0.2, -0.15) is 13.2 Å². The molecule has 0 radical (unpaired) electrons. The Hall–Kier alpha value is -3.28. The number of halogens is 3. The highest BCUT2D eigenvalue weighted by molar-refractivity contribution is 5.96. The van der Waals surface area contributed by atoms with Crippen molar-refractivity contribution >= 4 is 17.3 Å². The van der Waals surface area contributed by atoms with Crippen molar-refractivity contribution in [3.05, 3.63) is 72.5 Å². The van der Waals surface area contributed by atoms with Crippen LogP contribution in [-0.4, -0.2) is 125 Å². The summed E-state index contributed by atoms with van der Waals surface area (Å²) in [7, 11) is 0. The van der Waals surface area contributed by atoms with E-state index in [2.05, 4.69) is 11.9 Å². The molecular weight excluding hydrogens is 655 g/mol. The first kappa shape index (κ1) is 41.9. The summed E-state index contributed by atoms with van der Waals surface area (Å²) in [5.41, 5.74) is -0.0896. The van der Waals surface area contributed by atoms with Gasteiger partial charge in [-0.25, -0.2) is 4.79 Å². The molecule has 0 saturated carbocycles. The van der Waals surface area contributed by atoms with Crippen LogP contribution in [0.2, 0.25) is 0 Å². The topological polar surface area (TPSA) is 121 Å². The minimum absolute atomic E-state index is 0.000617. The molecule has 0 bridgehead atoms. The lowest BCUT2D eigenvalue weighted by molar-refractivity contribution is -0.137. The first-order valence-corrected chi connectivity index (χ1v) is 16.0. The van der Waals surface area contributed by atoms with Gasteiger partial charge in [0.1, 0.15) is 13.2 Å². The zero-order valence-electron chi connectivity index (χ0n) is 27.8. The molecule has 0 aliphatic rings. The average Bonchev–Trinajstić information content (AvgIpc) is 3.09. The number of para-hydroxylation sites is 1. The fraction of sp³-hybridized carbons (Fsp3) is 0.559. The van der Waals surface area contributed by atoms with Gasteiger partial charge in [-0.1, -0.05) is 24.8 Å². The summed E-state index contributed by atoms with van der Waals surface area (Å²) < 4.78 is 92.6. The largest absolute Gasteiger partial charge is 0.499 e. The van der Waals surface area contributed by atoms with Gasteiger partial charge in [-0.05, 0) is 30.3 Å². The Bertz CT molecular complexity index is 1140. The smallest absolute Gasteiger partial charge is 0.416 e. The molecule has 0 spiro atoms. The molecule has 1 N–H and O–H groups in total. The molecule has 0 atom stereocenters. The molecule has 0 fully saturated rings. The number of anilines is 2. The average molecular weight is 704 g/mol. The van der Waals surface area contributed by atoms with E-state index < -0.39 is 17.7 Å². The van der Waals surface area contributed by atoms with E-state index in [1.165, 1.54) is 24.5 Å². The Balaban J connectivity index is 1.34. The summed E-state index contributed by atoms with van der Waals surface area (Å²) in [5.74, 6) is -0.628. The fourth-order valence-electron chi connectivity index (χ4n) is 3.80. The minimum Gasteiger partial charge on any atom is -0.499 e. The fourth-order valence-corrected chi connectivity index (χ4v) is 3.80. The van der Waals surface area contributed by atoms with Crippen LogP contribution in [0.1, 0.15) is 15.9 Å². The number of hydrogen-bond acceptors (Lipinski definition) is 12. The van der Waals surface area contributed by atoms with Crippen LogP contribution in [0.5, 0.6) is 0 Å². The number of carbonyl (C=O) groups is 1. The molecule has 2 rings (SSSR count). The van der Waals surface area contributed by atoms with E-state index in [1.807, 2.05) is 0 Å². The third-order valence-corrected chi connectivity index (χ3v) is 6.14. The summed E-state index contributed by atoms with van der Waals surface area (Å²) in [5, 5.41) is 2.86. The lowest BCUT2D eigenvalue weighted by Gasteiger charge is -2.13. The van der Waals surface area contributed by atoms with Gasteiger partial charge in [-0.3, -0.25) is 0 Å². The molecule has 0 amide bonds. The second-order valence-corrected chi connectivity index (χ2v) is 9.82. The first-order chi connectivity index (χ1) is 23.9. The number of esters is 1. The van der Waals surface area contributed by atoms with Gasteiger partial charge in [0.25, 0.3) is 0 Å². The van der Waals surface area contributed by atoms with Crippen LogP contribution in [0.15, 0.2) is 61.4 Å². The van der Waals surface area contributed by atoms with Gasteiger partial charge in [-0.15, -0.1) is 0 Å². The summed E-state index contributed by atoms with van der Waals surface area (Å²) in [6, 6.07) is 11.1. The Labute approximate surface area is 285 Å². The van der Waals surface area contributed by atoms with Crippen LogP contribution in [0.4, 0.5) is 24.5 Å². The highest BCUT2D eigenvalue weighted by Gasteiger charge is 2.30. The molecule has 15 heteroatoms. The normalized spacial score (nSPS) is 11.4. The van der Waals surface area contributed by atoms with Gasteiger partial charge in [0, 0.05) is 5.69 Å². The zero-order valence-corrected chi connectivity index (χ0v) is 27.8. The lowest BCUT2D eigenvalue weighted by atomic mass is 10.1. The zero-order chi connectivity index (χ0) is 35.3. The number of carbonyl (C=O) groups excluding carboxylic acids is 1. The van der Waals surface area contributed by atoms with E-state index in [9.17, 15) is 18.0 Å². The van der Waals surface area contributed by atoms with Gasteiger partial charge >= 0.3 is 12.1 Å². The number of benzene rings is 2. The molecule has 2 aromatic carbocycles. The van der Waals surface area contributed by atoms with Crippen molar-refractivity contribution in [1.29, 1.82) is 0 Å². The highest BCUT2D eigenvalue weighted by Crippen LogP contribution is 2.32. The summed E-state index contributed by atoms with van der Waals surface area (Å²) >= 11 is 0. The molecule has 0 aliphatic heterocycles. The van der Waals surface area contributed by atoms with Crippen LogP contribution < -0.4 is 5.32 Å². The molecule has 276 valence electrons. The third kappa shape index (κ3) is 21.4. The van der Waals surface area contributed by atoms with Gasteiger partial charge < -0.3 is 52.7 Å². The van der Waals surface area contributed by atoms with E-state index in [-0.39, 0.29) is 24.5 Å². The predicted molar refractivity (Wildman–Crippen MR) is 174 cm³/mol.